The van der Waals surface area contributed by atoms with Gasteiger partial charge in [-0.2, -0.15) is 15.1 Å². The van der Waals surface area contributed by atoms with Gasteiger partial charge in [-0.25, -0.2) is 9.67 Å². The summed E-state index contributed by atoms with van der Waals surface area (Å²) in [5.41, 5.74) is 3.00. The fourth-order valence-electron chi connectivity index (χ4n) is 3.65. The van der Waals surface area contributed by atoms with E-state index < -0.39 is 0 Å². The number of hydrogen-bond donors (Lipinski definition) is 0. The number of hydrogen-bond acceptors (Lipinski definition) is 6. The lowest BCUT2D eigenvalue weighted by Gasteiger charge is -2.28. The second-order valence-corrected chi connectivity index (χ2v) is 7.00. The molecule has 0 bridgehead atoms. The summed E-state index contributed by atoms with van der Waals surface area (Å²) in [5, 5.41) is 4.54. The molecule has 2 aliphatic rings. The molecule has 0 radical (unpaired) electrons. The molecule has 4 heterocycles. The van der Waals surface area contributed by atoms with Crippen molar-refractivity contribution in [2.45, 2.75) is 38.6 Å². The maximum absolute atomic E-state index is 5.49. The average molecular weight is 353 g/mol. The second-order valence-electron chi connectivity index (χ2n) is 7.00. The molecule has 0 spiro atoms. The quantitative estimate of drug-likeness (QED) is 0.715. The van der Waals surface area contributed by atoms with Crippen LogP contribution >= 0.6 is 0 Å². The molecular formula is C18H23N7O. The van der Waals surface area contributed by atoms with Gasteiger partial charge in [0, 0.05) is 25.8 Å². The van der Waals surface area contributed by atoms with Gasteiger partial charge in [0.05, 0.1) is 25.7 Å². The van der Waals surface area contributed by atoms with E-state index >= 15 is 0 Å². The monoisotopic (exact) mass is 353 g/mol. The Morgan fingerprint density at radius 2 is 2.04 bits per heavy atom. The molecule has 1 saturated heterocycles. The number of anilines is 1. The van der Waals surface area contributed by atoms with Gasteiger partial charge in [-0.1, -0.05) is 6.42 Å². The molecule has 2 fully saturated rings. The van der Waals surface area contributed by atoms with Gasteiger partial charge in [-0.3, -0.25) is 0 Å². The first-order chi connectivity index (χ1) is 12.8. The van der Waals surface area contributed by atoms with Crippen LogP contribution in [0, 0.1) is 0 Å². The molecule has 1 aliphatic carbocycles. The highest BCUT2D eigenvalue weighted by molar-refractivity contribution is 5.84. The second kappa shape index (κ2) is 6.35. The van der Waals surface area contributed by atoms with E-state index in [1.165, 1.54) is 24.8 Å². The van der Waals surface area contributed by atoms with Crippen molar-refractivity contribution in [1.82, 2.24) is 29.3 Å². The summed E-state index contributed by atoms with van der Waals surface area (Å²) in [7, 11) is 0. The number of nitrogens with zero attached hydrogens (tertiary/aromatic N) is 7. The molecular weight excluding hydrogens is 330 g/mol. The zero-order valence-corrected chi connectivity index (χ0v) is 15.0. The molecule has 5 rings (SSSR count). The predicted molar refractivity (Wildman–Crippen MR) is 97.7 cm³/mol. The minimum Gasteiger partial charge on any atom is -0.378 e. The first kappa shape index (κ1) is 15.7. The summed E-state index contributed by atoms with van der Waals surface area (Å²) >= 11 is 0. The zero-order valence-electron chi connectivity index (χ0n) is 15.0. The number of ether oxygens (including phenoxy) is 1. The Morgan fingerprint density at radius 1 is 1.19 bits per heavy atom. The molecule has 1 aliphatic heterocycles. The van der Waals surface area contributed by atoms with E-state index in [-0.39, 0.29) is 0 Å². The van der Waals surface area contributed by atoms with Gasteiger partial charge in [0.15, 0.2) is 17.0 Å². The van der Waals surface area contributed by atoms with Gasteiger partial charge in [-0.05, 0) is 31.2 Å². The van der Waals surface area contributed by atoms with Crippen LogP contribution in [0.5, 0.6) is 0 Å². The van der Waals surface area contributed by atoms with Gasteiger partial charge in [0.1, 0.15) is 0 Å². The number of imidazole rings is 1. The van der Waals surface area contributed by atoms with E-state index in [1.54, 1.807) is 0 Å². The molecule has 0 amide bonds. The number of aryl methyl sites for hydroxylation is 1. The van der Waals surface area contributed by atoms with Crippen LogP contribution < -0.4 is 4.90 Å². The fourth-order valence-corrected chi connectivity index (χ4v) is 3.65. The molecule has 8 heteroatoms. The Bertz CT molecular complexity index is 921. The van der Waals surface area contributed by atoms with E-state index in [1.807, 2.05) is 17.2 Å². The first-order valence-corrected chi connectivity index (χ1v) is 9.44. The van der Waals surface area contributed by atoms with Crippen LogP contribution in [0.15, 0.2) is 18.7 Å². The van der Waals surface area contributed by atoms with Gasteiger partial charge in [-0.15, -0.1) is 0 Å². The van der Waals surface area contributed by atoms with Crippen molar-refractivity contribution < 1.29 is 4.74 Å². The van der Waals surface area contributed by atoms with Crippen LogP contribution in [0.4, 0.5) is 5.82 Å². The third-order valence-corrected chi connectivity index (χ3v) is 5.47. The average Bonchev–Trinajstić information content (AvgIpc) is 3.27. The SMILES string of the molecule is CCn1cnc2c(N3CCOCC3)nc(-n3cc(C4CCC4)cn3)nc21. The number of aromatic nitrogens is 6. The highest BCUT2D eigenvalue weighted by Gasteiger charge is 2.23. The highest BCUT2D eigenvalue weighted by atomic mass is 16.5. The molecule has 8 nitrogen and oxygen atoms in total. The summed E-state index contributed by atoms with van der Waals surface area (Å²) in [6.45, 7) is 5.97. The van der Waals surface area contributed by atoms with Crippen LogP contribution in [-0.4, -0.2) is 55.6 Å². The number of rotatable bonds is 4. The lowest BCUT2D eigenvalue weighted by molar-refractivity contribution is 0.122. The Morgan fingerprint density at radius 3 is 2.77 bits per heavy atom. The van der Waals surface area contributed by atoms with Crippen molar-refractivity contribution >= 4 is 17.0 Å². The predicted octanol–water partition coefficient (Wildman–Crippen LogP) is 2.14. The summed E-state index contributed by atoms with van der Waals surface area (Å²) in [6, 6.07) is 0. The van der Waals surface area contributed by atoms with Crippen LogP contribution in [0.25, 0.3) is 17.1 Å². The Hall–Kier alpha value is -2.48. The van der Waals surface area contributed by atoms with Gasteiger partial charge >= 0.3 is 0 Å². The van der Waals surface area contributed by atoms with Crippen LogP contribution in [0.3, 0.4) is 0 Å². The smallest absolute Gasteiger partial charge is 0.254 e. The van der Waals surface area contributed by atoms with Crippen LogP contribution in [0.1, 0.15) is 37.7 Å². The van der Waals surface area contributed by atoms with E-state index in [0.29, 0.717) is 25.1 Å². The zero-order chi connectivity index (χ0) is 17.5. The highest BCUT2D eigenvalue weighted by Crippen LogP contribution is 2.36. The molecule has 3 aromatic heterocycles. The van der Waals surface area contributed by atoms with Crippen molar-refractivity contribution in [2.24, 2.45) is 0 Å². The number of morpholine rings is 1. The Kier molecular flexibility index (Phi) is 3.85. The van der Waals surface area contributed by atoms with Gasteiger partial charge < -0.3 is 14.2 Å². The topological polar surface area (TPSA) is 73.9 Å². The largest absolute Gasteiger partial charge is 0.378 e. The van der Waals surface area contributed by atoms with Crippen LogP contribution in [-0.2, 0) is 11.3 Å². The maximum Gasteiger partial charge on any atom is 0.254 e. The van der Waals surface area contributed by atoms with E-state index in [9.17, 15) is 0 Å². The Balaban J connectivity index is 1.61. The molecule has 3 aromatic rings. The van der Waals surface area contributed by atoms with Crippen molar-refractivity contribution in [2.75, 3.05) is 31.2 Å². The first-order valence-electron chi connectivity index (χ1n) is 9.44. The van der Waals surface area contributed by atoms with Crippen molar-refractivity contribution in [3.8, 4) is 5.95 Å². The third kappa shape index (κ3) is 2.56. The van der Waals surface area contributed by atoms with Crippen molar-refractivity contribution in [3.05, 3.63) is 24.3 Å². The summed E-state index contributed by atoms with van der Waals surface area (Å²) in [5.74, 6) is 2.13. The molecule has 0 unspecified atom stereocenters. The summed E-state index contributed by atoms with van der Waals surface area (Å²) in [4.78, 5) is 16.4. The van der Waals surface area contributed by atoms with Crippen LogP contribution in [0.2, 0.25) is 0 Å². The standard InChI is InChI=1S/C18H23N7O/c1-2-23-12-19-15-16(23)21-18(22-17(15)24-6-8-26-9-7-24)25-11-14(10-20-25)13-4-3-5-13/h10-13H,2-9H2,1H3. The summed E-state index contributed by atoms with van der Waals surface area (Å²) in [6.07, 6.45) is 9.72. The maximum atomic E-state index is 5.49. The van der Waals surface area contributed by atoms with E-state index in [0.717, 1.165) is 36.6 Å². The molecule has 0 atom stereocenters. The minimum absolute atomic E-state index is 0.611. The normalized spacial score (nSPS) is 18.4. The summed E-state index contributed by atoms with van der Waals surface area (Å²) < 4.78 is 9.36. The molecule has 0 aromatic carbocycles. The molecule has 26 heavy (non-hydrogen) atoms. The number of fused-ring (bicyclic) bond motifs is 1. The molecule has 1 saturated carbocycles. The van der Waals surface area contributed by atoms with E-state index in [4.69, 9.17) is 14.7 Å². The minimum atomic E-state index is 0.611. The van der Waals surface area contributed by atoms with E-state index in [2.05, 4.69) is 32.7 Å². The fraction of sp³-hybridized carbons (Fsp3) is 0.556. The third-order valence-electron chi connectivity index (χ3n) is 5.47. The molecule has 136 valence electrons. The van der Waals surface area contributed by atoms with Gasteiger partial charge in [0.2, 0.25) is 0 Å². The van der Waals surface area contributed by atoms with Gasteiger partial charge in [0.25, 0.3) is 5.95 Å². The Labute approximate surface area is 151 Å². The van der Waals surface area contributed by atoms with Crippen molar-refractivity contribution in [3.63, 3.8) is 0 Å². The lowest BCUT2D eigenvalue weighted by atomic mass is 9.81. The van der Waals surface area contributed by atoms with Crippen molar-refractivity contribution in [1.29, 1.82) is 0 Å². The molecule has 0 N–H and O–H groups in total. The lowest BCUT2D eigenvalue weighted by Crippen LogP contribution is -2.37.